The number of oxazole rings is 1. The first kappa shape index (κ1) is 16.4. The SMILES string of the molecule is O=C(O)CC1(NC(=O)CCc2nc3ccccc3o2)CCOCC1. The number of benzene rings is 1. The zero-order valence-corrected chi connectivity index (χ0v) is 13.3. The first-order valence-corrected chi connectivity index (χ1v) is 8.01. The minimum absolute atomic E-state index is 0.0923. The molecule has 7 nitrogen and oxygen atoms in total. The van der Waals surface area contributed by atoms with Gasteiger partial charge in [0, 0.05) is 26.1 Å². The van der Waals surface area contributed by atoms with E-state index in [-0.39, 0.29) is 18.7 Å². The Morgan fingerprint density at radius 2 is 2.00 bits per heavy atom. The molecule has 24 heavy (non-hydrogen) atoms. The van der Waals surface area contributed by atoms with Crippen LogP contribution in [0.15, 0.2) is 28.7 Å². The Kier molecular flexibility index (Phi) is 4.80. The Morgan fingerprint density at radius 3 is 2.71 bits per heavy atom. The van der Waals surface area contributed by atoms with Gasteiger partial charge < -0.3 is 19.6 Å². The minimum Gasteiger partial charge on any atom is -0.481 e. The zero-order valence-electron chi connectivity index (χ0n) is 13.3. The number of hydrogen-bond donors (Lipinski definition) is 2. The lowest BCUT2D eigenvalue weighted by Crippen LogP contribution is -2.53. The maximum atomic E-state index is 12.3. The number of carboxylic acid groups (broad SMARTS) is 1. The molecular weight excluding hydrogens is 312 g/mol. The van der Waals surface area contributed by atoms with Crippen LogP contribution in [0.1, 0.15) is 31.6 Å². The van der Waals surface area contributed by atoms with Gasteiger partial charge >= 0.3 is 5.97 Å². The number of hydrogen-bond acceptors (Lipinski definition) is 5. The van der Waals surface area contributed by atoms with Crippen molar-refractivity contribution in [3.05, 3.63) is 30.2 Å². The third-order valence-electron chi connectivity index (χ3n) is 4.25. The summed E-state index contributed by atoms with van der Waals surface area (Å²) in [7, 11) is 0. The molecule has 1 aliphatic heterocycles. The molecule has 2 N–H and O–H groups in total. The first-order valence-electron chi connectivity index (χ1n) is 8.01. The molecule has 0 radical (unpaired) electrons. The van der Waals surface area contributed by atoms with Crippen LogP contribution in [0.5, 0.6) is 0 Å². The van der Waals surface area contributed by atoms with Crippen molar-refractivity contribution in [2.75, 3.05) is 13.2 Å². The van der Waals surface area contributed by atoms with Crippen molar-refractivity contribution in [3.63, 3.8) is 0 Å². The third-order valence-corrected chi connectivity index (χ3v) is 4.25. The summed E-state index contributed by atoms with van der Waals surface area (Å²) in [5, 5.41) is 12.0. The quantitative estimate of drug-likeness (QED) is 0.838. The Labute approximate surface area is 139 Å². The maximum Gasteiger partial charge on any atom is 0.305 e. The molecule has 1 amide bonds. The van der Waals surface area contributed by atoms with Crippen LogP contribution in [0.25, 0.3) is 11.1 Å². The summed E-state index contributed by atoms with van der Waals surface area (Å²) < 4.78 is 10.9. The second kappa shape index (κ2) is 7.00. The smallest absolute Gasteiger partial charge is 0.305 e. The van der Waals surface area contributed by atoms with E-state index in [4.69, 9.17) is 14.3 Å². The van der Waals surface area contributed by atoms with Gasteiger partial charge in [0.15, 0.2) is 11.5 Å². The van der Waals surface area contributed by atoms with Crippen molar-refractivity contribution in [1.82, 2.24) is 10.3 Å². The second-order valence-corrected chi connectivity index (χ2v) is 6.09. The number of aryl methyl sites for hydroxylation is 1. The highest BCUT2D eigenvalue weighted by Gasteiger charge is 2.36. The summed E-state index contributed by atoms with van der Waals surface area (Å²) >= 11 is 0. The molecule has 1 aromatic carbocycles. The predicted octanol–water partition coefficient (Wildman–Crippen LogP) is 1.90. The fourth-order valence-electron chi connectivity index (χ4n) is 3.00. The lowest BCUT2D eigenvalue weighted by atomic mass is 9.86. The number of ether oxygens (including phenoxy) is 1. The van der Waals surface area contributed by atoms with Crippen molar-refractivity contribution in [3.8, 4) is 0 Å². The normalized spacial score (nSPS) is 16.8. The van der Waals surface area contributed by atoms with E-state index >= 15 is 0 Å². The zero-order chi connectivity index (χ0) is 17.0. The molecule has 128 valence electrons. The minimum atomic E-state index is -0.920. The number of rotatable bonds is 6. The molecule has 2 aromatic rings. The van der Waals surface area contributed by atoms with Gasteiger partial charge in [0.25, 0.3) is 0 Å². The summed E-state index contributed by atoms with van der Waals surface area (Å²) in [6.45, 7) is 0.914. The summed E-state index contributed by atoms with van der Waals surface area (Å²) in [4.78, 5) is 27.7. The highest BCUT2D eigenvalue weighted by molar-refractivity contribution is 5.78. The van der Waals surface area contributed by atoms with E-state index in [0.29, 0.717) is 43.9 Å². The highest BCUT2D eigenvalue weighted by Crippen LogP contribution is 2.25. The standard InChI is InChI=1S/C17H20N2O5/c20-14(19-17(11-16(21)22)7-9-23-10-8-17)5-6-15-18-12-3-1-2-4-13(12)24-15/h1-4H,5-11H2,(H,19,20)(H,21,22). The van der Waals surface area contributed by atoms with Crippen LogP contribution >= 0.6 is 0 Å². The maximum absolute atomic E-state index is 12.3. The molecule has 0 aliphatic carbocycles. The lowest BCUT2D eigenvalue weighted by molar-refractivity contribution is -0.140. The van der Waals surface area contributed by atoms with Crippen molar-refractivity contribution < 1.29 is 23.8 Å². The van der Waals surface area contributed by atoms with Crippen molar-refractivity contribution in [2.24, 2.45) is 0 Å². The number of carbonyl (C=O) groups excluding carboxylic acids is 1. The number of para-hydroxylation sites is 2. The monoisotopic (exact) mass is 332 g/mol. The van der Waals surface area contributed by atoms with Crippen molar-refractivity contribution in [2.45, 2.75) is 37.6 Å². The summed E-state index contributed by atoms with van der Waals surface area (Å²) in [6, 6.07) is 7.43. The van der Waals surface area contributed by atoms with Crippen LogP contribution in [0.3, 0.4) is 0 Å². The molecule has 7 heteroatoms. The van der Waals surface area contributed by atoms with Crippen LogP contribution in [0.2, 0.25) is 0 Å². The molecule has 0 spiro atoms. The van der Waals surface area contributed by atoms with Gasteiger partial charge in [0.2, 0.25) is 5.91 Å². The van der Waals surface area contributed by atoms with Gasteiger partial charge in [-0.1, -0.05) is 12.1 Å². The van der Waals surface area contributed by atoms with Gasteiger partial charge in [0.05, 0.1) is 12.0 Å². The molecular formula is C17H20N2O5. The topological polar surface area (TPSA) is 102 Å². The number of nitrogens with zero attached hydrogens (tertiary/aromatic N) is 1. The van der Waals surface area contributed by atoms with E-state index in [2.05, 4.69) is 10.3 Å². The molecule has 1 aliphatic rings. The summed E-state index contributed by atoms with van der Waals surface area (Å²) in [5.74, 6) is -0.609. The average Bonchev–Trinajstić information content (AvgIpc) is 2.96. The van der Waals surface area contributed by atoms with Crippen molar-refractivity contribution >= 4 is 23.0 Å². The van der Waals surface area contributed by atoms with E-state index in [9.17, 15) is 9.59 Å². The number of carbonyl (C=O) groups is 2. The molecule has 0 unspecified atom stereocenters. The Morgan fingerprint density at radius 1 is 1.25 bits per heavy atom. The Hall–Kier alpha value is -2.41. The fraction of sp³-hybridized carbons (Fsp3) is 0.471. The van der Waals surface area contributed by atoms with E-state index in [1.165, 1.54) is 0 Å². The van der Waals surface area contributed by atoms with Crippen LogP contribution in [-0.2, 0) is 20.7 Å². The number of carboxylic acids is 1. The molecule has 1 aromatic heterocycles. The van der Waals surface area contributed by atoms with Crippen LogP contribution in [0.4, 0.5) is 0 Å². The lowest BCUT2D eigenvalue weighted by Gasteiger charge is -2.36. The van der Waals surface area contributed by atoms with Crippen LogP contribution < -0.4 is 5.32 Å². The molecule has 0 bridgehead atoms. The van der Waals surface area contributed by atoms with Crippen LogP contribution in [0, 0.1) is 0 Å². The molecule has 0 atom stereocenters. The number of amides is 1. The van der Waals surface area contributed by atoms with Crippen molar-refractivity contribution in [1.29, 1.82) is 0 Å². The fourth-order valence-corrected chi connectivity index (χ4v) is 3.00. The van der Waals surface area contributed by atoms with E-state index in [1.807, 2.05) is 24.3 Å². The first-order chi connectivity index (χ1) is 11.6. The number of aliphatic carboxylic acids is 1. The third kappa shape index (κ3) is 3.91. The predicted molar refractivity (Wildman–Crippen MR) is 85.5 cm³/mol. The van der Waals surface area contributed by atoms with Gasteiger partial charge in [0.1, 0.15) is 5.52 Å². The molecule has 1 saturated heterocycles. The average molecular weight is 332 g/mol. The van der Waals surface area contributed by atoms with Gasteiger partial charge in [-0.15, -0.1) is 0 Å². The van der Waals surface area contributed by atoms with Gasteiger partial charge in [-0.3, -0.25) is 9.59 Å². The number of aromatic nitrogens is 1. The molecule has 0 saturated carbocycles. The van der Waals surface area contributed by atoms with Gasteiger partial charge in [-0.05, 0) is 25.0 Å². The van der Waals surface area contributed by atoms with Gasteiger partial charge in [-0.2, -0.15) is 0 Å². The van der Waals surface area contributed by atoms with E-state index in [0.717, 1.165) is 5.52 Å². The van der Waals surface area contributed by atoms with Crippen LogP contribution in [-0.4, -0.2) is 40.7 Å². The highest BCUT2D eigenvalue weighted by atomic mass is 16.5. The van der Waals surface area contributed by atoms with E-state index < -0.39 is 11.5 Å². The van der Waals surface area contributed by atoms with E-state index in [1.54, 1.807) is 0 Å². The second-order valence-electron chi connectivity index (χ2n) is 6.09. The Bertz CT molecular complexity index is 700. The number of nitrogens with one attached hydrogen (secondary N) is 1. The van der Waals surface area contributed by atoms with Gasteiger partial charge in [-0.25, -0.2) is 4.98 Å². The summed E-state index contributed by atoms with van der Waals surface area (Å²) in [6.07, 6.45) is 1.50. The largest absolute Gasteiger partial charge is 0.481 e. The molecule has 3 rings (SSSR count). The molecule has 1 fully saturated rings. The molecule has 2 heterocycles. The summed E-state index contributed by atoms with van der Waals surface area (Å²) in [5.41, 5.74) is 0.738. The Balaban J connectivity index is 1.60. The number of fused-ring (bicyclic) bond motifs is 1.